The molecule has 2 aromatic heterocycles. The third-order valence-corrected chi connectivity index (χ3v) is 3.82. The Hall–Kier alpha value is -1.22. The molecular formula is C12H16N2S. The Balaban J connectivity index is 2.04. The summed E-state index contributed by atoms with van der Waals surface area (Å²) >= 11 is 1.89. The third kappa shape index (κ3) is 2.42. The highest BCUT2D eigenvalue weighted by molar-refractivity contribution is 7.12. The van der Waals surface area contributed by atoms with E-state index in [1.165, 1.54) is 9.75 Å². The lowest BCUT2D eigenvalue weighted by Crippen LogP contribution is -2.15. The summed E-state index contributed by atoms with van der Waals surface area (Å²) in [6, 6.07) is 8.83. The molecule has 0 radical (unpaired) electrons. The van der Waals surface area contributed by atoms with E-state index in [1.807, 2.05) is 40.5 Å². The van der Waals surface area contributed by atoms with Crippen LogP contribution in [0.5, 0.6) is 0 Å². The maximum atomic E-state index is 3.40. The van der Waals surface area contributed by atoms with Gasteiger partial charge in [-0.3, -0.25) is 4.68 Å². The van der Waals surface area contributed by atoms with Gasteiger partial charge in [-0.2, -0.15) is 0 Å². The quantitative estimate of drug-likeness (QED) is 0.835. The van der Waals surface area contributed by atoms with Crippen LogP contribution in [0.25, 0.3) is 0 Å². The second-order valence-electron chi connectivity index (χ2n) is 3.60. The maximum Gasteiger partial charge on any atom is 0.0737 e. The van der Waals surface area contributed by atoms with Crippen LogP contribution in [0.3, 0.4) is 0 Å². The van der Waals surface area contributed by atoms with E-state index in [0.717, 1.165) is 6.42 Å². The zero-order valence-corrected chi connectivity index (χ0v) is 9.92. The third-order valence-electron chi connectivity index (χ3n) is 2.40. The maximum absolute atomic E-state index is 3.40. The smallest absolute Gasteiger partial charge is 0.0737 e. The second-order valence-corrected chi connectivity index (χ2v) is 4.80. The van der Waals surface area contributed by atoms with E-state index in [0.29, 0.717) is 6.04 Å². The van der Waals surface area contributed by atoms with Crippen LogP contribution in [-0.2, 0) is 6.42 Å². The van der Waals surface area contributed by atoms with Gasteiger partial charge in [0.15, 0.2) is 0 Å². The minimum atomic E-state index is 0.364. The van der Waals surface area contributed by atoms with Crippen LogP contribution in [0.1, 0.15) is 29.6 Å². The van der Waals surface area contributed by atoms with Crippen LogP contribution >= 0.6 is 11.3 Å². The van der Waals surface area contributed by atoms with Gasteiger partial charge in [0, 0.05) is 22.1 Å². The van der Waals surface area contributed by atoms with Crippen LogP contribution in [0.4, 0.5) is 0 Å². The number of aryl methyl sites for hydroxylation is 1. The highest BCUT2D eigenvalue weighted by Gasteiger charge is 2.07. The molecule has 0 amide bonds. The van der Waals surface area contributed by atoms with Crippen molar-refractivity contribution < 1.29 is 0 Å². The Kier molecular flexibility index (Phi) is 3.11. The molecule has 2 aromatic rings. The lowest BCUT2D eigenvalue weighted by Gasteiger charge is -2.14. The zero-order chi connectivity index (χ0) is 10.7. The Morgan fingerprint density at radius 1 is 1.33 bits per heavy atom. The van der Waals surface area contributed by atoms with Crippen LogP contribution in [-0.4, -0.2) is 4.68 Å². The molecule has 1 atom stereocenters. The molecule has 2 heterocycles. The monoisotopic (exact) mass is 220 g/mol. The van der Waals surface area contributed by atoms with Crippen LogP contribution in [0.15, 0.2) is 36.7 Å². The number of rotatable bonds is 4. The minimum Gasteiger partial charge on any atom is -0.318 e. The molecule has 3 heteroatoms. The van der Waals surface area contributed by atoms with Gasteiger partial charge in [-0.05, 0) is 37.6 Å². The summed E-state index contributed by atoms with van der Waals surface area (Å²) in [6.07, 6.45) is 5.16. The first-order chi connectivity index (χ1) is 7.29. The average molecular weight is 220 g/mol. The first-order valence-corrected chi connectivity index (χ1v) is 6.09. The number of hydrogen-bond acceptors (Lipinski definition) is 2. The molecule has 0 aliphatic rings. The predicted molar refractivity (Wildman–Crippen MR) is 65.9 cm³/mol. The standard InChI is InChI=1S/C12H16N2S/c1-3-11-6-7-12(15-11)10(2)13-14-8-4-5-9-14/h4-10,13H,3H2,1-2H3. The molecule has 80 valence electrons. The predicted octanol–water partition coefficient (Wildman–Crippen LogP) is 3.42. The summed E-state index contributed by atoms with van der Waals surface area (Å²) in [6.45, 7) is 4.38. The van der Waals surface area contributed by atoms with Gasteiger partial charge >= 0.3 is 0 Å². The molecule has 1 N–H and O–H groups in total. The summed E-state index contributed by atoms with van der Waals surface area (Å²) in [5.41, 5.74) is 3.40. The normalized spacial score (nSPS) is 12.7. The second kappa shape index (κ2) is 4.53. The van der Waals surface area contributed by atoms with Gasteiger partial charge in [0.1, 0.15) is 0 Å². The largest absolute Gasteiger partial charge is 0.318 e. The van der Waals surface area contributed by atoms with Crippen molar-refractivity contribution in [1.82, 2.24) is 4.68 Å². The van der Waals surface area contributed by atoms with Crippen molar-refractivity contribution in [3.63, 3.8) is 0 Å². The van der Waals surface area contributed by atoms with Gasteiger partial charge in [-0.1, -0.05) is 6.92 Å². The van der Waals surface area contributed by atoms with Crippen molar-refractivity contribution >= 4 is 11.3 Å². The molecular weight excluding hydrogens is 204 g/mol. The van der Waals surface area contributed by atoms with E-state index in [-0.39, 0.29) is 0 Å². The van der Waals surface area contributed by atoms with Crippen molar-refractivity contribution in [2.75, 3.05) is 5.43 Å². The van der Waals surface area contributed by atoms with Gasteiger partial charge < -0.3 is 5.43 Å². The summed E-state index contributed by atoms with van der Waals surface area (Å²) in [4.78, 5) is 2.84. The fourth-order valence-corrected chi connectivity index (χ4v) is 2.47. The molecule has 0 saturated carbocycles. The van der Waals surface area contributed by atoms with Gasteiger partial charge in [-0.25, -0.2) is 0 Å². The van der Waals surface area contributed by atoms with E-state index in [2.05, 4.69) is 31.4 Å². The molecule has 0 aliphatic carbocycles. The fraction of sp³-hybridized carbons (Fsp3) is 0.333. The fourth-order valence-electron chi connectivity index (χ4n) is 1.53. The van der Waals surface area contributed by atoms with Gasteiger partial charge in [0.25, 0.3) is 0 Å². The van der Waals surface area contributed by atoms with E-state index in [9.17, 15) is 0 Å². The molecule has 0 saturated heterocycles. The Bertz CT molecular complexity index is 403. The first kappa shape index (κ1) is 10.3. The molecule has 0 aromatic carbocycles. The molecule has 0 fully saturated rings. The van der Waals surface area contributed by atoms with Crippen LogP contribution in [0.2, 0.25) is 0 Å². The molecule has 0 spiro atoms. The highest BCUT2D eigenvalue weighted by Crippen LogP contribution is 2.23. The summed E-state index contributed by atoms with van der Waals surface area (Å²) in [7, 11) is 0. The van der Waals surface area contributed by atoms with Crippen molar-refractivity contribution in [2.45, 2.75) is 26.3 Å². The van der Waals surface area contributed by atoms with E-state index >= 15 is 0 Å². The van der Waals surface area contributed by atoms with E-state index < -0.39 is 0 Å². The first-order valence-electron chi connectivity index (χ1n) is 5.27. The van der Waals surface area contributed by atoms with Crippen molar-refractivity contribution in [3.8, 4) is 0 Å². The van der Waals surface area contributed by atoms with Gasteiger partial charge in [0.2, 0.25) is 0 Å². The number of hydrogen-bond donors (Lipinski definition) is 1. The summed E-state index contributed by atoms with van der Waals surface area (Å²) in [5, 5.41) is 0. The summed E-state index contributed by atoms with van der Waals surface area (Å²) < 4.78 is 2.00. The Labute approximate surface area is 94.5 Å². The minimum absolute atomic E-state index is 0.364. The van der Waals surface area contributed by atoms with Crippen LogP contribution < -0.4 is 5.43 Å². The Morgan fingerprint density at radius 2 is 2.07 bits per heavy atom. The van der Waals surface area contributed by atoms with Crippen molar-refractivity contribution in [2.24, 2.45) is 0 Å². The number of nitrogens with zero attached hydrogens (tertiary/aromatic N) is 1. The SMILES string of the molecule is CCc1ccc(C(C)Nn2cccc2)s1. The summed E-state index contributed by atoms with van der Waals surface area (Å²) in [5.74, 6) is 0. The van der Waals surface area contributed by atoms with Gasteiger partial charge in [0.05, 0.1) is 6.04 Å². The molecule has 2 nitrogen and oxygen atoms in total. The number of thiophene rings is 1. The molecule has 2 rings (SSSR count). The zero-order valence-electron chi connectivity index (χ0n) is 9.10. The molecule has 1 unspecified atom stereocenters. The van der Waals surface area contributed by atoms with Crippen molar-refractivity contribution in [1.29, 1.82) is 0 Å². The van der Waals surface area contributed by atoms with E-state index in [4.69, 9.17) is 0 Å². The topological polar surface area (TPSA) is 17.0 Å². The molecule has 0 aliphatic heterocycles. The molecule has 15 heavy (non-hydrogen) atoms. The van der Waals surface area contributed by atoms with Crippen LogP contribution in [0, 0.1) is 0 Å². The number of aromatic nitrogens is 1. The average Bonchev–Trinajstić information content (AvgIpc) is 2.86. The Morgan fingerprint density at radius 3 is 2.67 bits per heavy atom. The molecule has 0 bridgehead atoms. The van der Waals surface area contributed by atoms with Crippen molar-refractivity contribution in [3.05, 3.63) is 46.4 Å². The highest BCUT2D eigenvalue weighted by atomic mass is 32.1. The van der Waals surface area contributed by atoms with E-state index in [1.54, 1.807) is 0 Å². The lowest BCUT2D eigenvalue weighted by molar-refractivity contribution is 0.739. The number of nitrogens with one attached hydrogen (secondary N) is 1. The lowest BCUT2D eigenvalue weighted by atomic mass is 10.3. The van der Waals surface area contributed by atoms with Gasteiger partial charge in [-0.15, -0.1) is 11.3 Å².